The van der Waals surface area contributed by atoms with Crippen molar-refractivity contribution in [1.82, 2.24) is 29.9 Å². The highest BCUT2D eigenvalue weighted by Crippen LogP contribution is 2.60. The molecule has 12 nitrogen and oxygen atoms in total. The van der Waals surface area contributed by atoms with Crippen molar-refractivity contribution in [3.63, 3.8) is 0 Å². The minimum atomic E-state index is -2.49. The molecule has 47 heavy (non-hydrogen) atoms. The van der Waals surface area contributed by atoms with Gasteiger partial charge in [0.2, 0.25) is 5.28 Å². The number of aromatic nitrogens is 6. The van der Waals surface area contributed by atoms with Crippen LogP contribution in [0.15, 0.2) is 61.2 Å². The van der Waals surface area contributed by atoms with E-state index in [1.807, 2.05) is 17.0 Å². The Hall–Kier alpha value is -4.35. The zero-order valence-electron chi connectivity index (χ0n) is 24.0. The van der Waals surface area contributed by atoms with Crippen LogP contribution in [0.2, 0.25) is 5.28 Å². The molecule has 4 unspecified atom stereocenters. The third-order valence-electron chi connectivity index (χ3n) is 8.45. The highest BCUT2D eigenvalue weighted by molar-refractivity contribution is 6.58. The Morgan fingerprint density at radius 3 is 1.57 bits per heavy atom. The normalized spacial score (nSPS) is 23.6. The molecule has 6 N–H and O–H groups in total. The molecular formula is C29H32BClF4N10O2. The van der Waals surface area contributed by atoms with E-state index in [1.54, 1.807) is 35.5 Å². The number of fused-ring (bicyclic) bond motifs is 2. The Bertz CT molecular complexity index is 1650. The molecule has 6 heterocycles. The summed E-state index contributed by atoms with van der Waals surface area (Å²) in [7, 11) is -1.55. The van der Waals surface area contributed by atoms with Crippen molar-refractivity contribution < 1.29 is 27.6 Å². The van der Waals surface area contributed by atoms with Crippen molar-refractivity contribution in [1.29, 1.82) is 0 Å². The van der Waals surface area contributed by atoms with Crippen LogP contribution < -0.4 is 26.7 Å². The predicted molar refractivity (Wildman–Crippen MR) is 170 cm³/mol. The van der Waals surface area contributed by atoms with Crippen LogP contribution in [0.1, 0.15) is 7.43 Å². The second-order valence-corrected chi connectivity index (χ2v) is 11.7. The third kappa shape index (κ3) is 7.16. The Balaban J connectivity index is 0.000000150. The van der Waals surface area contributed by atoms with E-state index in [1.165, 1.54) is 18.5 Å². The average Bonchev–Trinajstić information content (AvgIpc) is 3.48. The molecule has 4 fully saturated rings. The first kappa shape index (κ1) is 34.0. The Morgan fingerprint density at radius 2 is 1.19 bits per heavy atom. The molecule has 2 saturated heterocycles. The van der Waals surface area contributed by atoms with Gasteiger partial charge < -0.3 is 31.3 Å². The summed E-state index contributed by atoms with van der Waals surface area (Å²) in [6.45, 7) is 1.40. The van der Waals surface area contributed by atoms with Crippen LogP contribution in [0.3, 0.4) is 0 Å². The predicted octanol–water partition coefficient (Wildman–Crippen LogP) is 2.63. The Morgan fingerprint density at radius 1 is 0.702 bits per heavy atom. The minimum Gasteiger partial charge on any atom is -0.423 e. The topological polar surface area (TPSA) is 176 Å². The lowest BCUT2D eigenvalue weighted by molar-refractivity contribution is 0.0791. The fraction of sp³-hybridized carbons (Fsp3) is 0.379. The number of hydrogen-bond acceptors (Lipinski definition) is 12. The van der Waals surface area contributed by atoms with Crippen LogP contribution in [-0.4, -0.2) is 85.1 Å². The van der Waals surface area contributed by atoms with Crippen LogP contribution in [0.5, 0.6) is 0 Å². The lowest BCUT2D eigenvalue weighted by Crippen LogP contribution is -2.32. The lowest BCUT2D eigenvalue weighted by atomic mass is 9.82. The van der Waals surface area contributed by atoms with Crippen molar-refractivity contribution in [3.05, 3.63) is 66.5 Å². The minimum absolute atomic E-state index is 0. The Labute approximate surface area is 273 Å². The zero-order chi connectivity index (χ0) is 32.8. The van der Waals surface area contributed by atoms with Crippen LogP contribution in [0, 0.1) is 23.7 Å². The zero-order valence-corrected chi connectivity index (χ0v) is 24.8. The van der Waals surface area contributed by atoms with E-state index < -0.39 is 42.6 Å². The van der Waals surface area contributed by atoms with Crippen LogP contribution in [0.25, 0.3) is 11.4 Å². The molecule has 0 radical (unpaired) electrons. The average molecular weight is 675 g/mol. The number of pyridine rings is 2. The van der Waals surface area contributed by atoms with Gasteiger partial charge in [-0.15, -0.1) is 0 Å². The molecule has 18 heteroatoms. The second kappa shape index (κ2) is 13.0. The van der Waals surface area contributed by atoms with Crippen LogP contribution in [-0.2, 0) is 0 Å². The number of piperidine rings is 2. The number of hydrogen-bond donors (Lipinski definition) is 4. The molecule has 248 valence electrons. The molecule has 4 aromatic heterocycles. The van der Waals surface area contributed by atoms with Gasteiger partial charge >= 0.3 is 7.12 Å². The number of anilines is 4. The fourth-order valence-electron chi connectivity index (χ4n) is 5.69. The van der Waals surface area contributed by atoms with Crippen LogP contribution in [0.4, 0.5) is 40.8 Å². The van der Waals surface area contributed by atoms with E-state index in [9.17, 15) is 17.6 Å². The van der Waals surface area contributed by atoms with Crippen molar-refractivity contribution in [2.45, 2.75) is 19.3 Å². The summed E-state index contributed by atoms with van der Waals surface area (Å²) in [5.41, 5.74) is 11.9. The van der Waals surface area contributed by atoms with E-state index in [4.69, 9.17) is 33.1 Å². The monoisotopic (exact) mass is 674 g/mol. The van der Waals surface area contributed by atoms with Crippen LogP contribution >= 0.6 is 11.6 Å². The maximum atomic E-state index is 13.2. The standard InChI is InChI=1S/C14H13F2N5.C10H11BF2N2O2.C4H4ClN3.CH4/c15-14(16)9-6-21(7-10(9)14)12-2-1-8(5-19-12)13-18-4-3-11(17)20-13;12-10(13)7-4-15(5-8(7)10)9-2-1-6(3-14-9)11(16)17;5-4-7-2-1-3(6)8-4;/h1-5,9-10H,6-7H2,(H2,17,18,20);1-3,7-8,16-17H,4-5H2;1-2H,(H2,6,7,8);1H4. The number of nitrogen functional groups attached to an aromatic ring is 2. The van der Waals surface area contributed by atoms with Gasteiger partial charge in [-0.2, -0.15) is 0 Å². The van der Waals surface area contributed by atoms with E-state index in [0.717, 1.165) is 5.56 Å². The molecule has 0 amide bonds. The van der Waals surface area contributed by atoms with Crippen molar-refractivity contribution in [3.8, 4) is 11.4 Å². The van der Waals surface area contributed by atoms with E-state index in [0.29, 0.717) is 60.7 Å². The second-order valence-electron chi connectivity index (χ2n) is 11.4. The Kier molecular flexibility index (Phi) is 9.44. The maximum Gasteiger partial charge on any atom is 0.490 e. The largest absolute Gasteiger partial charge is 0.490 e. The first-order chi connectivity index (χ1) is 21.8. The summed E-state index contributed by atoms with van der Waals surface area (Å²) in [6, 6.07) is 9.99. The first-order valence-electron chi connectivity index (χ1n) is 14.2. The van der Waals surface area contributed by atoms with Gasteiger partial charge in [-0.3, -0.25) is 0 Å². The number of nitrogens with two attached hydrogens (primary N) is 2. The van der Waals surface area contributed by atoms with Gasteiger partial charge in [0, 0.05) is 62.0 Å². The summed E-state index contributed by atoms with van der Waals surface area (Å²) in [4.78, 5) is 27.6. The third-order valence-corrected chi connectivity index (χ3v) is 8.63. The van der Waals surface area contributed by atoms with Gasteiger partial charge in [-0.25, -0.2) is 47.5 Å². The highest BCUT2D eigenvalue weighted by atomic mass is 35.5. The molecule has 0 bridgehead atoms. The number of nitrogens with zero attached hydrogens (tertiary/aromatic N) is 8. The summed E-state index contributed by atoms with van der Waals surface area (Å²) in [6.07, 6.45) is 6.08. The summed E-state index contributed by atoms with van der Waals surface area (Å²) in [5, 5.41) is 18.0. The van der Waals surface area contributed by atoms with Crippen molar-refractivity contribution in [2.75, 3.05) is 47.4 Å². The number of rotatable bonds is 4. The molecule has 4 aliphatic rings. The first-order valence-corrected chi connectivity index (χ1v) is 14.6. The van der Waals surface area contributed by atoms with Gasteiger partial charge in [0.25, 0.3) is 11.8 Å². The van der Waals surface area contributed by atoms with Gasteiger partial charge in [0.1, 0.15) is 23.3 Å². The smallest absolute Gasteiger partial charge is 0.423 e. The highest BCUT2D eigenvalue weighted by Gasteiger charge is 2.72. The number of halogens is 5. The van der Waals surface area contributed by atoms with Gasteiger partial charge in [-0.05, 0) is 41.9 Å². The molecule has 2 aliphatic carbocycles. The summed E-state index contributed by atoms with van der Waals surface area (Å²) < 4.78 is 52.3. The van der Waals surface area contributed by atoms with Gasteiger partial charge in [-0.1, -0.05) is 13.5 Å². The fourth-order valence-corrected chi connectivity index (χ4v) is 5.85. The van der Waals surface area contributed by atoms with E-state index >= 15 is 0 Å². The number of alkyl halides is 4. The van der Waals surface area contributed by atoms with Crippen molar-refractivity contribution >= 4 is 47.5 Å². The summed E-state index contributed by atoms with van der Waals surface area (Å²) >= 11 is 5.34. The SMILES string of the molecule is C.Nc1ccnc(-c2ccc(N3CC4C(C3)C4(F)F)nc2)n1.Nc1ccnc(Cl)n1.OB(O)c1ccc(N2CC3C(C2)C3(F)F)nc1. The molecule has 2 saturated carbocycles. The van der Waals surface area contributed by atoms with E-state index in [-0.39, 0.29) is 12.7 Å². The molecule has 2 aliphatic heterocycles. The molecule has 4 aromatic rings. The maximum absolute atomic E-state index is 13.2. The molecule has 0 aromatic carbocycles. The molecular weight excluding hydrogens is 643 g/mol. The van der Waals surface area contributed by atoms with E-state index in [2.05, 4.69) is 29.9 Å². The molecule has 0 spiro atoms. The lowest BCUT2D eigenvalue weighted by Gasteiger charge is -2.20. The van der Waals surface area contributed by atoms with Gasteiger partial charge in [0.15, 0.2) is 5.82 Å². The molecule has 8 rings (SSSR count). The van der Waals surface area contributed by atoms with Crippen molar-refractivity contribution in [2.24, 2.45) is 23.7 Å². The summed E-state index contributed by atoms with van der Waals surface area (Å²) in [5.74, 6) is -4.42. The molecule has 4 atom stereocenters. The van der Waals surface area contributed by atoms with Gasteiger partial charge in [0.05, 0.1) is 23.7 Å². The quantitative estimate of drug-likeness (QED) is 0.142.